The van der Waals surface area contributed by atoms with E-state index in [1.807, 2.05) is 0 Å². The molecule has 27 heavy (non-hydrogen) atoms. The number of benzene rings is 1. The highest BCUT2D eigenvalue weighted by molar-refractivity contribution is 6.37. The van der Waals surface area contributed by atoms with Crippen LogP contribution in [-0.4, -0.2) is 32.8 Å². The lowest BCUT2D eigenvalue weighted by Gasteiger charge is -2.21. The van der Waals surface area contributed by atoms with Crippen molar-refractivity contribution < 1.29 is 23.4 Å². The minimum absolute atomic E-state index is 0.0701. The molecule has 0 bridgehead atoms. The van der Waals surface area contributed by atoms with Gasteiger partial charge in [0.15, 0.2) is 11.4 Å². The Labute approximate surface area is 163 Å². The van der Waals surface area contributed by atoms with Crippen molar-refractivity contribution in [1.29, 1.82) is 0 Å². The van der Waals surface area contributed by atoms with Crippen molar-refractivity contribution >= 4 is 40.7 Å². The highest BCUT2D eigenvalue weighted by Crippen LogP contribution is 2.36. The van der Waals surface area contributed by atoms with Crippen LogP contribution in [0.2, 0.25) is 10.0 Å². The lowest BCUT2D eigenvalue weighted by molar-refractivity contribution is -0.141. The van der Waals surface area contributed by atoms with Crippen LogP contribution in [0.25, 0.3) is 0 Å². The van der Waals surface area contributed by atoms with Gasteiger partial charge in [-0.25, -0.2) is 4.98 Å². The van der Waals surface area contributed by atoms with E-state index < -0.39 is 17.9 Å². The fourth-order valence-corrected chi connectivity index (χ4v) is 2.58. The van der Waals surface area contributed by atoms with Crippen LogP contribution in [-0.2, 0) is 6.18 Å². The molecule has 0 saturated heterocycles. The molecule has 11 heteroatoms. The number of hydrogen-bond acceptors (Lipinski definition) is 6. The number of aromatic hydroxyl groups is 1. The fourth-order valence-electron chi connectivity index (χ4n) is 2.10. The minimum Gasteiger partial charge on any atom is -0.505 e. The second kappa shape index (κ2) is 8.37. The molecule has 0 saturated carbocycles. The molecule has 1 aromatic heterocycles. The number of aromatic nitrogens is 2. The molecule has 0 unspecified atom stereocenters. The number of hydrogen-bond donors (Lipinski definition) is 4. The smallest absolute Gasteiger partial charge is 0.433 e. The number of aliphatic hydroxyl groups excluding tert-OH is 1. The van der Waals surface area contributed by atoms with Crippen molar-refractivity contribution in [2.75, 3.05) is 17.2 Å². The third-order valence-electron chi connectivity index (χ3n) is 3.62. The molecule has 2 rings (SSSR count). The molecule has 0 spiro atoms. The average Bonchev–Trinajstić information content (AvgIpc) is 2.56. The number of alkyl halides is 3. The van der Waals surface area contributed by atoms with Crippen LogP contribution in [0.4, 0.5) is 30.6 Å². The molecule has 0 amide bonds. The van der Waals surface area contributed by atoms with Crippen LogP contribution in [0.15, 0.2) is 18.2 Å². The van der Waals surface area contributed by atoms with Crippen molar-refractivity contribution in [3.8, 4) is 5.75 Å². The minimum atomic E-state index is -4.70. The summed E-state index contributed by atoms with van der Waals surface area (Å²) in [5.74, 6) is -0.874. The van der Waals surface area contributed by atoms with Crippen LogP contribution in [0.5, 0.6) is 5.75 Å². The van der Waals surface area contributed by atoms with Crippen LogP contribution in [0.3, 0.4) is 0 Å². The van der Waals surface area contributed by atoms with E-state index in [4.69, 9.17) is 23.2 Å². The predicted octanol–water partition coefficient (Wildman–Crippen LogP) is 4.68. The maximum atomic E-state index is 13.2. The van der Waals surface area contributed by atoms with E-state index in [1.165, 1.54) is 12.1 Å². The SMILES string of the molecule is CC(C)[C@H](CO)Nc1nc(Nc2cc(Cl)c(O)c(Cl)c2)cc(C(F)(F)F)n1. The second-order valence-corrected chi connectivity index (χ2v) is 6.87. The van der Waals surface area contributed by atoms with Gasteiger partial charge in [-0.3, -0.25) is 0 Å². The van der Waals surface area contributed by atoms with Gasteiger partial charge < -0.3 is 20.8 Å². The monoisotopic (exact) mass is 424 g/mol. The molecule has 0 aliphatic heterocycles. The molecular formula is C16H17Cl2F3N4O2. The van der Waals surface area contributed by atoms with Crippen molar-refractivity contribution in [2.24, 2.45) is 5.92 Å². The van der Waals surface area contributed by atoms with Crippen molar-refractivity contribution in [3.05, 3.63) is 33.9 Å². The van der Waals surface area contributed by atoms with E-state index in [2.05, 4.69) is 20.6 Å². The van der Waals surface area contributed by atoms with Crippen LogP contribution in [0, 0.1) is 5.92 Å². The Bertz CT molecular complexity index is 796. The van der Waals surface area contributed by atoms with E-state index in [-0.39, 0.29) is 45.8 Å². The molecule has 1 atom stereocenters. The zero-order chi connectivity index (χ0) is 20.4. The van der Waals surface area contributed by atoms with E-state index in [1.54, 1.807) is 13.8 Å². The molecule has 6 nitrogen and oxygen atoms in total. The van der Waals surface area contributed by atoms with E-state index in [0.29, 0.717) is 0 Å². The lowest BCUT2D eigenvalue weighted by Crippen LogP contribution is -2.30. The molecular weight excluding hydrogens is 408 g/mol. The van der Waals surface area contributed by atoms with Gasteiger partial charge in [0.05, 0.1) is 22.7 Å². The Hall–Kier alpha value is -1.97. The predicted molar refractivity (Wildman–Crippen MR) is 97.8 cm³/mol. The van der Waals surface area contributed by atoms with Gasteiger partial charge in [0, 0.05) is 11.8 Å². The van der Waals surface area contributed by atoms with Gasteiger partial charge in [-0.2, -0.15) is 18.2 Å². The van der Waals surface area contributed by atoms with Crippen molar-refractivity contribution in [2.45, 2.75) is 26.1 Å². The molecule has 4 N–H and O–H groups in total. The number of nitrogens with zero attached hydrogens (tertiary/aromatic N) is 2. The van der Waals surface area contributed by atoms with Gasteiger partial charge in [0.1, 0.15) is 5.82 Å². The van der Waals surface area contributed by atoms with E-state index >= 15 is 0 Å². The number of halogens is 5. The first kappa shape index (κ1) is 21.3. The average molecular weight is 425 g/mol. The van der Waals surface area contributed by atoms with Crippen LogP contribution >= 0.6 is 23.2 Å². The van der Waals surface area contributed by atoms with Crippen LogP contribution in [0.1, 0.15) is 19.5 Å². The number of anilines is 3. The van der Waals surface area contributed by atoms with Gasteiger partial charge in [0.2, 0.25) is 5.95 Å². The summed E-state index contributed by atoms with van der Waals surface area (Å²) in [4.78, 5) is 7.48. The van der Waals surface area contributed by atoms with E-state index in [0.717, 1.165) is 6.07 Å². The first-order valence-corrected chi connectivity index (χ1v) is 8.55. The van der Waals surface area contributed by atoms with Gasteiger partial charge in [0.25, 0.3) is 0 Å². The largest absolute Gasteiger partial charge is 0.505 e. The standard InChI is InChI=1S/C16H17Cl2F3N4O2/c1-7(2)11(6-26)23-15-24-12(16(19,20)21)5-13(25-15)22-8-3-9(17)14(27)10(18)4-8/h3-5,7,11,26-27H,6H2,1-2H3,(H2,22,23,24,25)/t11-/m0/s1. The summed E-state index contributed by atoms with van der Waals surface area (Å²) in [6.07, 6.45) is -4.70. The highest BCUT2D eigenvalue weighted by Gasteiger charge is 2.34. The highest BCUT2D eigenvalue weighted by atomic mass is 35.5. The van der Waals surface area contributed by atoms with Gasteiger partial charge in [-0.15, -0.1) is 0 Å². The summed E-state index contributed by atoms with van der Waals surface area (Å²) in [6.45, 7) is 3.28. The number of phenols is 1. The van der Waals surface area contributed by atoms with Gasteiger partial charge in [-0.1, -0.05) is 37.0 Å². The third-order valence-corrected chi connectivity index (χ3v) is 4.20. The molecule has 0 aliphatic rings. The molecule has 148 valence electrons. The zero-order valence-corrected chi connectivity index (χ0v) is 15.8. The van der Waals surface area contributed by atoms with Gasteiger partial charge >= 0.3 is 6.18 Å². The molecule has 1 aromatic carbocycles. The Morgan fingerprint density at radius 1 is 1.11 bits per heavy atom. The number of aliphatic hydroxyl groups is 1. The summed E-state index contributed by atoms with van der Waals surface area (Å²) in [5.41, 5.74) is -0.943. The van der Waals surface area contributed by atoms with Crippen molar-refractivity contribution in [3.63, 3.8) is 0 Å². The maximum absolute atomic E-state index is 13.2. The van der Waals surface area contributed by atoms with Crippen LogP contribution < -0.4 is 10.6 Å². The maximum Gasteiger partial charge on any atom is 0.433 e. The first-order valence-electron chi connectivity index (χ1n) is 7.80. The molecule has 1 heterocycles. The first-order chi connectivity index (χ1) is 12.5. The Morgan fingerprint density at radius 2 is 1.70 bits per heavy atom. The molecule has 0 fully saturated rings. The molecule has 0 aliphatic carbocycles. The van der Waals surface area contributed by atoms with E-state index in [9.17, 15) is 23.4 Å². The quantitative estimate of drug-likeness (QED) is 0.503. The van der Waals surface area contributed by atoms with Crippen molar-refractivity contribution in [1.82, 2.24) is 9.97 Å². The summed E-state index contributed by atoms with van der Waals surface area (Å²) in [7, 11) is 0. The Morgan fingerprint density at radius 3 is 2.19 bits per heavy atom. The molecule has 0 radical (unpaired) electrons. The van der Waals surface area contributed by atoms with Gasteiger partial charge in [-0.05, 0) is 18.1 Å². The zero-order valence-electron chi connectivity index (χ0n) is 14.3. The number of rotatable bonds is 6. The Kier molecular flexibility index (Phi) is 6.61. The Balaban J connectivity index is 2.41. The summed E-state index contributed by atoms with van der Waals surface area (Å²) < 4.78 is 39.5. The fraction of sp³-hybridized carbons (Fsp3) is 0.375. The number of phenolic OH excluding ortho intramolecular Hbond substituents is 1. The second-order valence-electron chi connectivity index (χ2n) is 6.05. The lowest BCUT2D eigenvalue weighted by atomic mass is 10.1. The topological polar surface area (TPSA) is 90.3 Å². The third kappa shape index (κ3) is 5.50. The summed E-state index contributed by atoms with van der Waals surface area (Å²) in [6, 6.07) is 2.77. The normalized spacial score (nSPS) is 12.9. The summed E-state index contributed by atoms with van der Waals surface area (Å²) in [5, 5.41) is 24.1. The number of nitrogens with one attached hydrogen (secondary N) is 2. The molecule has 2 aromatic rings. The summed E-state index contributed by atoms with van der Waals surface area (Å²) >= 11 is 11.6.